The van der Waals surface area contributed by atoms with Gasteiger partial charge in [-0.1, -0.05) is 60.7 Å². The van der Waals surface area contributed by atoms with E-state index in [-0.39, 0.29) is 17.6 Å². The summed E-state index contributed by atoms with van der Waals surface area (Å²) < 4.78 is 23.2. The van der Waals surface area contributed by atoms with Crippen LogP contribution < -0.4 is 5.73 Å². The molecule has 170 valence electrons. The second-order valence-electron chi connectivity index (χ2n) is 10.1. The van der Waals surface area contributed by atoms with Crippen LogP contribution in [0, 0.1) is 11.3 Å². The van der Waals surface area contributed by atoms with E-state index in [0.29, 0.717) is 18.1 Å². The molecule has 5 nitrogen and oxygen atoms in total. The lowest BCUT2D eigenvalue weighted by Crippen LogP contribution is -2.59. The van der Waals surface area contributed by atoms with Crippen LogP contribution in [-0.4, -0.2) is 50.8 Å². The predicted octanol–water partition coefficient (Wildman–Crippen LogP) is 3.65. The van der Waals surface area contributed by atoms with Crippen molar-refractivity contribution >= 4 is 0 Å². The molecule has 32 heavy (non-hydrogen) atoms. The van der Waals surface area contributed by atoms with Gasteiger partial charge in [0, 0.05) is 5.41 Å². The molecule has 4 heterocycles. The van der Waals surface area contributed by atoms with Crippen molar-refractivity contribution in [1.29, 1.82) is 0 Å². The van der Waals surface area contributed by atoms with Crippen molar-refractivity contribution in [2.24, 2.45) is 17.1 Å². The number of hydrogen-bond acceptors (Lipinski definition) is 5. The molecule has 4 saturated heterocycles. The maximum atomic E-state index is 7.77. The summed E-state index contributed by atoms with van der Waals surface area (Å²) in [5.41, 5.74) is 9.17. The molecule has 0 saturated carbocycles. The second kappa shape index (κ2) is 8.23. The molecule has 4 aliphatic rings. The third-order valence-electron chi connectivity index (χ3n) is 7.91. The monoisotopic (exact) mass is 435 g/mol. The second-order valence-corrected chi connectivity index (χ2v) is 10.1. The van der Waals surface area contributed by atoms with E-state index in [1.807, 2.05) is 0 Å². The Hall–Kier alpha value is -1.76. The van der Waals surface area contributed by atoms with Crippen LogP contribution in [0.5, 0.6) is 0 Å². The van der Waals surface area contributed by atoms with Gasteiger partial charge >= 0.3 is 0 Å². The first-order valence-electron chi connectivity index (χ1n) is 12.0. The van der Waals surface area contributed by atoms with Crippen LogP contribution in [0.3, 0.4) is 0 Å². The summed E-state index contributed by atoms with van der Waals surface area (Å²) >= 11 is 0. The first-order valence-corrected chi connectivity index (χ1v) is 12.0. The molecule has 0 bridgehead atoms. The molecule has 4 aliphatic heterocycles. The van der Waals surface area contributed by atoms with Gasteiger partial charge in [-0.3, -0.25) is 0 Å². The van der Waals surface area contributed by atoms with E-state index in [2.05, 4.69) is 60.7 Å². The molecule has 2 aromatic carbocycles. The van der Waals surface area contributed by atoms with Crippen molar-refractivity contribution in [2.45, 2.75) is 55.6 Å². The molecular weight excluding hydrogens is 402 g/mol. The molecule has 6 rings (SSSR count). The minimum atomic E-state index is -0.679. The molecule has 0 aromatic heterocycles. The van der Waals surface area contributed by atoms with E-state index in [0.717, 1.165) is 63.2 Å². The van der Waals surface area contributed by atoms with Crippen molar-refractivity contribution in [1.82, 2.24) is 0 Å². The van der Waals surface area contributed by atoms with Gasteiger partial charge in [0.2, 0.25) is 0 Å². The van der Waals surface area contributed by atoms with Gasteiger partial charge in [-0.25, -0.2) is 0 Å². The fourth-order valence-electron chi connectivity index (χ4n) is 5.98. The van der Waals surface area contributed by atoms with Crippen molar-refractivity contribution in [3.63, 3.8) is 0 Å². The zero-order chi connectivity index (χ0) is 21.6. The molecule has 0 amide bonds. The highest BCUT2D eigenvalue weighted by Gasteiger charge is 2.60. The average Bonchev–Trinajstić information content (AvgIpc) is 3.63. The van der Waals surface area contributed by atoms with Crippen molar-refractivity contribution in [3.05, 3.63) is 71.8 Å². The molecule has 2 N–H and O–H groups in total. The van der Waals surface area contributed by atoms with E-state index >= 15 is 0 Å². The predicted molar refractivity (Wildman–Crippen MR) is 121 cm³/mol. The fourth-order valence-corrected chi connectivity index (χ4v) is 5.98. The Kier molecular flexibility index (Phi) is 5.35. The quantitative estimate of drug-likeness (QED) is 0.515. The fraction of sp³-hybridized carbons (Fsp3) is 0.556. The summed E-state index contributed by atoms with van der Waals surface area (Å²) in [6.07, 6.45) is 5.05. The highest BCUT2D eigenvalue weighted by Crippen LogP contribution is 2.59. The van der Waals surface area contributed by atoms with Gasteiger partial charge in [-0.05, 0) is 42.7 Å². The normalized spacial score (nSPS) is 30.9. The van der Waals surface area contributed by atoms with E-state index in [9.17, 15) is 0 Å². The Balaban J connectivity index is 1.53. The zero-order valence-electron chi connectivity index (χ0n) is 18.5. The summed E-state index contributed by atoms with van der Waals surface area (Å²) in [6, 6.07) is 21.3. The van der Waals surface area contributed by atoms with Crippen LogP contribution in [-0.2, 0) is 24.5 Å². The average molecular weight is 436 g/mol. The van der Waals surface area contributed by atoms with Gasteiger partial charge < -0.3 is 24.7 Å². The Morgan fingerprint density at radius 1 is 0.656 bits per heavy atom. The van der Waals surface area contributed by atoms with Crippen molar-refractivity contribution in [3.8, 4) is 0 Å². The van der Waals surface area contributed by atoms with E-state index in [4.69, 9.17) is 24.7 Å². The number of epoxide rings is 4. The summed E-state index contributed by atoms with van der Waals surface area (Å²) in [7, 11) is 0. The van der Waals surface area contributed by atoms with Crippen LogP contribution >= 0.6 is 0 Å². The molecule has 4 fully saturated rings. The van der Waals surface area contributed by atoms with Gasteiger partial charge in [0.1, 0.15) is 0 Å². The van der Waals surface area contributed by atoms with Crippen LogP contribution in [0.1, 0.15) is 36.8 Å². The Bertz CT molecular complexity index is 836. The van der Waals surface area contributed by atoms with Gasteiger partial charge in [-0.15, -0.1) is 0 Å². The number of hydrogen-bond donors (Lipinski definition) is 1. The lowest BCUT2D eigenvalue weighted by atomic mass is 9.52. The minimum Gasteiger partial charge on any atom is -0.373 e. The van der Waals surface area contributed by atoms with Gasteiger partial charge in [0.25, 0.3) is 0 Å². The molecule has 2 aromatic rings. The van der Waals surface area contributed by atoms with E-state index < -0.39 is 5.54 Å². The highest BCUT2D eigenvalue weighted by atomic mass is 16.6. The van der Waals surface area contributed by atoms with Gasteiger partial charge in [0.05, 0.1) is 56.4 Å². The molecule has 4 atom stereocenters. The summed E-state index contributed by atoms with van der Waals surface area (Å²) in [5.74, 6) is 0.348. The molecule has 0 radical (unpaired) electrons. The van der Waals surface area contributed by atoms with Crippen LogP contribution in [0.25, 0.3) is 0 Å². The summed E-state index contributed by atoms with van der Waals surface area (Å²) in [4.78, 5) is 0. The van der Waals surface area contributed by atoms with Crippen LogP contribution in [0.2, 0.25) is 0 Å². The number of rotatable bonds is 12. The Morgan fingerprint density at radius 2 is 1.03 bits per heavy atom. The maximum absolute atomic E-state index is 7.77. The van der Waals surface area contributed by atoms with Crippen molar-refractivity contribution in [2.75, 3.05) is 26.4 Å². The van der Waals surface area contributed by atoms with Gasteiger partial charge in [0.15, 0.2) is 0 Å². The molecule has 0 spiro atoms. The first kappa shape index (κ1) is 20.8. The number of ether oxygens (including phenoxy) is 4. The van der Waals surface area contributed by atoms with Gasteiger partial charge in [-0.2, -0.15) is 0 Å². The van der Waals surface area contributed by atoms with Crippen molar-refractivity contribution < 1.29 is 18.9 Å². The smallest absolute Gasteiger partial charge is 0.0816 e. The third-order valence-corrected chi connectivity index (χ3v) is 7.91. The van der Waals surface area contributed by atoms with E-state index in [1.54, 1.807) is 0 Å². The van der Waals surface area contributed by atoms with E-state index in [1.165, 1.54) is 0 Å². The van der Waals surface area contributed by atoms with Crippen LogP contribution in [0.15, 0.2) is 60.7 Å². The topological polar surface area (TPSA) is 76.1 Å². The third kappa shape index (κ3) is 4.13. The molecule has 0 aliphatic carbocycles. The Labute approximate surface area is 190 Å². The molecule has 4 unspecified atom stereocenters. The first-order chi connectivity index (χ1) is 15.7. The standard InChI is InChI=1S/C27H33NO4/c28-27(19-7-3-1-4-8-19,20-9-5-2-6-10-20)26(13-24-17-31-24,14-25-18-32-25)21(11-22-15-29-22)12-23-16-30-23/h1-10,21-25H,11-18,28H2. The molecule has 5 heteroatoms. The maximum Gasteiger partial charge on any atom is 0.0816 e. The SMILES string of the molecule is NC(c1ccccc1)(c1ccccc1)C(CC1CO1)(CC1CO1)C(CC1CO1)CC1CO1. The van der Waals surface area contributed by atoms with Crippen LogP contribution in [0.4, 0.5) is 0 Å². The number of nitrogens with two attached hydrogens (primary N) is 1. The summed E-state index contributed by atoms with van der Waals surface area (Å²) in [5, 5.41) is 0. The lowest BCUT2D eigenvalue weighted by Gasteiger charge is -2.54. The Morgan fingerprint density at radius 3 is 1.38 bits per heavy atom. The minimum absolute atomic E-state index is 0.240. The summed E-state index contributed by atoms with van der Waals surface area (Å²) in [6.45, 7) is 3.34. The highest BCUT2D eigenvalue weighted by molar-refractivity contribution is 5.42. The largest absolute Gasteiger partial charge is 0.373 e. The number of benzene rings is 2. The lowest BCUT2D eigenvalue weighted by molar-refractivity contribution is 0.00816. The molecular formula is C27H33NO4. The zero-order valence-corrected chi connectivity index (χ0v) is 18.5.